The van der Waals surface area contributed by atoms with Crippen LogP contribution in [0.15, 0.2) is 18.2 Å². The van der Waals surface area contributed by atoms with Crippen molar-refractivity contribution in [3.8, 4) is 17.2 Å². The van der Waals surface area contributed by atoms with E-state index < -0.39 is 88.7 Å². The molecule has 1 fully saturated rings. The quantitative estimate of drug-likeness (QED) is 0.134. The number of hydroxylamine groups is 1. The monoisotopic (exact) mass is 612 g/mol. The number of ketones is 4. The van der Waals surface area contributed by atoms with Crippen LogP contribution in [0, 0.1) is 0 Å². The van der Waals surface area contributed by atoms with Crippen molar-refractivity contribution in [1.29, 1.82) is 0 Å². The zero-order valence-electron chi connectivity index (χ0n) is 24.9. The summed E-state index contributed by atoms with van der Waals surface area (Å²) in [5.41, 5.74) is -1.39. The van der Waals surface area contributed by atoms with E-state index >= 15 is 0 Å². The summed E-state index contributed by atoms with van der Waals surface area (Å²) in [5.74, 6) is -3.76. The molecule has 44 heavy (non-hydrogen) atoms. The Morgan fingerprint density at radius 1 is 1.09 bits per heavy atom. The molecule has 2 aliphatic carbocycles. The minimum atomic E-state index is -2.06. The predicted molar refractivity (Wildman–Crippen MR) is 152 cm³/mol. The molecule has 5 rings (SSSR count). The number of carbonyl (C=O) groups is 4. The number of aromatic hydroxyl groups is 2. The topological polar surface area (TPSA) is 192 Å². The van der Waals surface area contributed by atoms with Crippen LogP contribution in [0.4, 0.5) is 0 Å². The minimum Gasteiger partial charge on any atom is -0.507 e. The van der Waals surface area contributed by atoms with E-state index in [-0.39, 0.29) is 41.2 Å². The fourth-order valence-corrected chi connectivity index (χ4v) is 6.15. The maximum Gasteiger partial charge on any atom is 0.202 e. The highest BCUT2D eigenvalue weighted by Gasteiger charge is 2.49. The van der Waals surface area contributed by atoms with Crippen LogP contribution in [0.1, 0.15) is 89.6 Å². The van der Waals surface area contributed by atoms with E-state index in [9.17, 15) is 39.7 Å². The molecular weight excluding hydrogens is 576 g/mol. The number of Topliss-reactive ketones (excluding diaryl/α,β-unsaturated/α-hetero) is 2. The summed E-state index contributed by atoms with van der Waals surface area (Å²) >= 11 is 0. The molecule has 13 heteroatoms. The number of carbonyl (C=O) groups excluding carboxylic acids is 4. The van der Waals surface area contributed by atoms with Crippen molar-refractivity contribution in [3.63, 3.8) is 0 Å². The third kappa shape index (κ3) is 5.19. The molecule has 0 saturated carbocycles. The molecule has 2 aromatic carbocycles. The van der Waals surface area contributed by atoms with E-state index in [1.54, 1.807) is 12.1 Å². The van der Waals surface area contributed by atoms with Crippen LogP contribution in [0.3, 0.4) is 0 Å². The first-order valence-electron chi connectivity index (χ1n) is 14.5. The summed E-state index contributed by atoms with van der Waals surface area (Å²) < 4.78 is 17.7. The van der Waals surface area contributed by atoms with E-state index in [4.69, 9.17) is 14.2 Å². The van der Waals surface area contributed by atoms with Gasteiger partial charge in [-0.25, -0.2) is 0 Å². The number of aliphatic hydroxyl groups is 1. The molecule has 0 amide bonds. The number of nitrogens with zero attached hydrogens (tertiary/aromatic N) is 1. The molecule has 0 aromatic heterocycles. The number of benzene rings is 2. The number of phenols is 2. The van der Waals surface area contributed by atoms with Crippen molar-refractivity contribution in [2.45, 2.75) is 77.1 Å². The van der Waals surface area contributed by atoms with Crippen molar-refractivity contribution in [2.24, 2.45) is 0 Å². The van der Waals surface area contributed by atoms with Crippen molar-refractivity contribution in [3.05, 3.63) is 51.6 Å². The van der Waals surface area contributed by atoms with Gasteiger partial charge in [-0.15, -0.1) is 0 Å². The molecule has 0 spiro atoms. The minimum absolute atomic E-state index is 0.0311. The molecule has 1 aliphatic heterocycles. The van der Waals surface area contributed by atoms with Crippen molar-refractivity contribution in [1.82, 2.24) is 10.4 Å². The van der Waals surface area contributed by atoms with Gasteiger partial charge in [-0.1, -0.05) is 26.0 Å². The molecule has 1 heterocycles. The molecule has 2 aromatic rings. The van der Waals surface area contributed by atoms with Gasteiger partial charge in [-0.3, -0.25) is 24.1 Å². The summed E-state index contributed by atoms with van der Waals surface area (Å²) in [6, 6.07) is 3.48. The number of hydrogen-bond donors (Lipinski definition) is 5. The number of rotatable bonds is 9. The summed E-state index contributed by atoms with van der Waals surface area (Å²) in [4.78, 5) is 54.7. The lowest BCUT2D eigenvalue weighted by Gasteiger charge is -2.41. The molecular formula is C31H36N2O11. The number of hydrogen-bond acceptors (Lipinski definition) is 13. The lowest BCUT2D eigenvalue weighted by Crippen LogP contribution is -2.51. The first-order chi connectivity index (χ1) is 20.9. The van der Waals surface area contributed by atoms with E-state index in [0.717, 1.165) is 6.92 Å². The van der Waals surface area contributed by atoms with Crippen LogP contribution in [-0.2, 0) is 25.5 Å². The lowest BCUT2D eigenvalue weighted by molar-refractivity contribution is -0.226. The highest BCUT2D eigenvalue weighted by Crippen LogP contribution is 2.52. The van der Waals surface area contributed by atoms with Crippen molar-refractivity contribution >= 4 is 23.1 Å². The average molecular weight is 613 g/mol. The van der Waals surface area contributed by atoms with Gasteiger partial charge < -0.3 is 34.7 Å². The number of phenolic OH excluding ortho intramolecular Hbond substituents is 2. The fourth-order valence-electron chi connectivity index (χ4n) is 6.15. The van der Waals surface area contributed by atoms with Gasteiger partial charge in [0, 0.05) is 36.0 Å². The second-order valence-corrected chi connectivity index (χ2v) is 11.4. The van der Waals surface area contributed by atoms with E-state index in [1.165, 1.54) is 13.0 Å². The Morgan fingerprint density at radius 3 is 2.41 bits per heavy atom. The van der Waals surface area contributed by atoms with Gasteiger partial charge in [0.05, 0.1) is 28.8 Å². The molecule has 236 valence electrons. The fraction of sp³-hybridized carbons (Fsp3) is 0.484. The molecule has 5 N–H and O–H groups in total. The van der Waals surface area contributed by atoms with Crippen LogP contribution < -0.4 is 10.2 Å². The standard InChI is InChI=1S/C31H36N2O11/c1-5-33(6-2)13-42-19-9-7-8-16-22(19)29(38)25-24(27(16)36)28(37)17-11-31(40,15(4)34)12-20(23(17)30(25)39)44-21-10-18(32-41)26(35)14(3)43-21/h7-9,14,18,20-21,32,37,39-41H,5-6,10-13H2,1-4H3/t14?,18?,20-,21?,31-/m0/s1. The van der Waals surface area contributed by atoms with Gasteiger partial charge in [0.2, 0.25) is 5.78 Å². The Hall–Kier alpha value is -3.72. The number of fused-ring (bicyclic) bond motifs is 3. The molecule has 3 aliphatic rings. The zero-order valence-corrected chi connectivity index (χ0v) is 24.9. The maximum absolute atomic E-state index is 14.1. The Morgan fingerprint density at radius 2 is 1.77 bits per heavy atom. The van der Waals surface area contributed by atoms with Crippen LogP contribution >= 0.6 is 0 Å². The predicted octanol–water partition coefficient (Wildman–Crippen LogP) is 1.93. The van der Waals surface area contributed by atoms with E-state index in [2.05, 4.69) is 0 Å². The molecule has 0 radical (unpaired) electrons. The Labute approximate surface area is 253 Å². The van der Waals surface area contributed by atoms with Crippen molar-refractivity contribution in [2.75, 3.05) is 19.8 Å². The second kappa shape index (κ2) is 12.0. The summed E-state index contributed by atoms with van der Waals surface area (Å²) in [6.45, 7) is 8.03. The highest BCUT2D eigenvalue weighted by atomic mass is 16.7. The summed E-state index contributed by atoms with van der Waals surface area (Å²) in [7, 11) is 0. The van der Waals surface area contributed by atoms with Gasteiger partial charge >= 0.3 is 0 Å². The van der Waals surface area contributed by atoms with Gasteiger partial charge in [0.15, 0.2) is 23.6 Å². The van der Waals surface area contributed by atoms with Gasteiger partial charge in [-0.05, 0) is 33.0 Å². The molecule has 3 unspecified atom stereocenters. The average Bonchev–Trinajstić information content (AvgIpc) is 2.99. The third-order valence-electron chi connectivity index (χ3n) is 8.81. The molecule has 1 saturated heterocycles. The smallest absolute Gasteiger partial charge is 0.202 e. The molecule has 0 bridgehead atoms. The molecule has 5 atom stereocenters. The van der Waals surface area contributed by atoms with Crippen LogP contribution in [0.5, 0.6) is 17.2 Å². The summed E-state index contributed by atoms with van der Waals surface area (Å²) in [6.07, 6.45) is -4.48. The highest BCUT2D eigenvalue weighted by molar-refractivity contribution is 6.31. The van der Waals surface area contributed by atoms with E-state index in [1.807, 2.05) is 24.2 Å². The van der Waals surface area contributed by atoms with Crippen LogP contribution in [0.2, 0.25) is 0 Å². The first-order valence-corrected chi connectivity index (χ1v) is 14.5. The summed E-state index contributed by atoms with van der Waals surface area (Å²) in [5, 5.41) is 44.0. The van der Waals surface area contributed by atoms with Gasteiger partial charge in [0.25, 0.3) is 0 Å². The van der Waals surface area contributed by atoms with Gasteiger partial charge in [0.1, 0.15) is 35.7 Å². The third-order valence-corrected chi connectivity index (χ3v) is 8.81. The Bertz CT molecular complexity index is 1540. The SMILES string of the molecule is CCN(CC)COc1cccc2c1C(=O)c1c(O)c3c(c(O)c1C2=O)C[C@@](O)(C(C)=O)C[C@@H]3OC1CC(NO)C(=O)C(C)O1. The zero-order chi connectivity index (χ0) is 32.1. The first kappa shape index (κ1) is 31.7. The largest absolute Gasteiger partial charge is 0.507 e. The van der Waals surface area contributed by atoms with Crippen LogP contribution in [-0.4, -0.2) is 92.4 Å². The Balaban J connectivity index is 1.62. The maximum atomic E-state index is 14.1. The lowest BCUT2D eigenvalue weighted by atomic mass is 9.72. The van der Waals surface area contributed by atoms with Crippen molar-refractivity contribution < 1.29 is 53.9 Å². The number of nitrogens with one attached hydrogen (secondary N) is 1. The second-order valence-electron chi connectivity index (χ2n) is 11.4. The van der Waals surface area contributed by atoms with E-state index in [0.29, 0.717) is 13.1 Å². The Kier molecular flexibility index (Phi) is 8.64. The molecule has 13 nitrogen and oxygen atoms in total. The van der Waals surface area contributed by atoms with Gasteiger partial charge in [-0.2, -0.15) is 5.48 Å². The number of ether oxygens (including phenoxy) is 3. The normalized spacial score (nSPS) is 26.3. The van der Waals surface area contributed by atoms with Crippen LogP contribution in [0.25, 0.3) is 0 Å².